The third-order valence-electron chi connectivity index (χ3n) is 1.82. The zero-order valence-electron chi connectivity index (χ0n) is 6.20. The molecule has 1 aromatic rings. The molecule has 1 aliphatic rings. The molecule has 0 saturated carbocycles. The first kappa shape index (κ1) is 7.78. The van der Waals surface area contributed by atoms with Crippen LogP contribution in [0.15, 0.2) is 28.7 Å². The summed E-state index contributed by atoms with van der Waals surface area (Å²) in [5.74, 6) is 0. The number of hydrogen-bond acceptors (Lipinski definition) is 2. The van der Waals surface area contributed by atoms with Crippen molar-refractivity contribution >= 4 is 15.9 Å². The van der Waals surface area contributed by atoms with Crippen molar-refractivity contribution in [3.05, 3.63) is 34.3 Å². The van der Waals surface area contributed by atoms with Crippen LogP contribution in [0.1, 0.15) is 11.7 Å². The van der Waals surface area contributed by atoms with Crippen LogP contribution in [0.2, 0.25) is 0 Å². The second-order valence-electron chi connectivity index (χ2n) is 2.66. The van der Waals surface area contributed by atoms with Crippen molar-refractivity contribution in [2.75, 3.05) is 0 Å². The summed E-state index contributed by atoms with van der Waals surface area (Å²) in [5, 5.41) is 8.51. The minimum Gasteiger partial charge on any atom is -0.348 e. The lowest BCUT2D eigenvalue weighted by molar-refractivity contribution is 0.396. The minimum absolute atomic E-state index is 0.00287. The summed E-state index contributed by atoms with van der Waals surface area (Å²) in [5.41, 5.74) is 1.07. The summed E-state index contributed by atoms with van der Waals surface area (Å²) in [7, 11) is 0. The predicted octanol–water partition coefficient (Wildman–Crippen LogP) is 2.41. The second kappa shape index (κ2) is 2.89. The largest absolute Gasteiger partial charge is 0.348 e. The van der Waals surface area contributed by atoms with Gasteiger partial charge in [-0.1, -0.05) is 28.1 Å². The molecule has 2 atom stereocenters. The van der Waals surface area contributed by atoms with Gasteiger partial charge in [-0.25, -0.2) is 0 Å². The Morgan fingerprint density at radius 3 is 2.50 bits per heavy atom. The van der Waals surface area contributed by atoms with E-state index in [9.17, 15) is 0 Å². The highest BCUT2D eigenvalue weighted by Crippen LogP contribution is 2.38. The summed E-state index contributed by atoms with van der Waals surface area (Å²) in [6, 6.07) is 9.90. The van der Waals surface area contributed by atoms with Gasteiger partial charge in [0.1, 0.15) is 6.10 Å². The molecule has 3 heteroatoms. The molecule has 60 valence electrons. The quantitative estimate of drug-likeness (QED) is 0.686. The van der Waals surface area contributed by atoms with Gasteiger partial charge < -0.3 is 4.74 Å². The Hall–Kier alpha value is -0.850. The molecule has 1 fully saturated rings. The molecule has 0 aromatic heterocycles. The molecular weight excluding hydrogens is 218 g/mol. The van der Waals surface area contributed by atoms with Crippen molar-refractivity contribution in [2.24, 2.45) is 0 Å². The number of benzene rings is 1. The summed E-state index contributed by atoms with van der Waals surface area (Å²) < 4.78 is 6.16. The zero-order valence-corrected chi connectivity index (χ0v) is 7.78. The first-order chi connectivity index (χ1) is 5.81. The second-order valence-corrected chi connectivity index (χ2v) is 3.57. The molecule has 0 aliphatic carbocycles. The van der Waals surface area contributed by atoms with E-state index in [1.807, 2.05) is 24.3 Å². The van der Waals surface area contributed by atoms with Crippen LogP contribution in [0.3, 0.4) is 0 Å². The number of hydrogen-bond donors (Lipinski definition) is 0. The maximum Gasteiger partial charge on any atom is 0.175 e. The molecule has 1 aliphatic heterocycles. The third kappa shape index (κ3) is 1.36. The fourth-order valence-electron chi connectivity index (χ4n) is 1.12. The zero-order chi connectivity index (χ0) is 8.55. The van der Waals surface area contributed by atoms with E-state index in [1.165, 1.54) is 0 Å². The molecule has 0 amide bonds. The summed E-state index contributed by atoms with van der Waals surface area (Å²) in [4.78, 5) is 0. The van der Waals surface area contributed by atoms with Crippen LogP contribution in [0.4, 0.5) is 0 Å². The third-order valence-corrected chi connectivity index (χ3v) is 2.35. The maximum atomic E-state index is 8.51. The molecule has 0 radical (unpaired) electrons. The van der Waals surface area contributed by atoms with Gasteiger partial charge in [0.25, 0.3) is 0 Å². The molecule has 1 aromatic carbocycles. The average Bonchev–Trinajstić information content (AvgIpc) is 2.85. The fourth-order valence-corrected chi connectivity index (χ4v) is 1.38. The number of nitriles is 1. The molecule has 1 heterocycles. The van der Waals surface area contributed by atoms with Gasteiger partial charge in [0, 0.05) is 4.47 Å². The summed E-state index contributed by atoms with van der Waals surface area (Å²) in [6.45, 7) is 0. The summed E-state index contributed by atoms with van der Waals surface area (Å²) in [6.07, 6.45) is -0.228. The predicted molar refractivity (Wildman–Crippen MR) is 47.4 cm³/mol. The molecule has 0 N–H and O–H groups in total. The Morgan fingerprint density at radius 2 is 2.00 bits per heavy atom. The molecule has 0 bridgehead atoms. The van der Waals surface area contributed by atoms with E-state index >= 15 is 0 Å². The lowest BCUT2D eigenvalue weighted by Crippen LogP contribution is -1.83. The minimum atomic E-state index is -0.230. The Bertz CT molecular complexity index is 327. The van der Waals surface area contributed by atoms with Crippen LogP contribution in [0, 0.1) is 11.3 Å². The number of ether oxygens (including phenoxy) is 1. The normalized spacial score (nSPS) is 26.3. The van der Waals surface area contributed by atoms with Crippen LogP contribution in [0.25, 0.3) is 0 Å². The average molecular weight is 224 g/mol. The Balaban J connectivity index is 2.17. The van der Waals surface area contributed by atoms with Gasteiger partial charge in [-0.15, -0.1) is 0 Å². The van der Waals surface area contributed by atoms with E-state index in [4.69, 9.17) is 10.00 Å². The monoisotopic (exact) mass is 223 g/mol. The van der Waals surface area contributed by atoms with Crippen LogP contribution < -0.4 is 0 Å². The molecule has 2 rings (SSSR count). The van der Waals surface area contributed by atoms with Crippen LogP contribution in [0.5, 0.6) is 0 Å². The Kier molecular flexibility index (Phi) is 1.87. The highest BCUT2D eigenvalue weighted by atomic mass is 79.9. The Morgan fingerprint density at radius 1 is 1.33 bits per heavy atom. The van der Waals surface area contributed by atoms with Crippen molar-refractivity contribution in [2.45, 2.75) is 12.2 Å². The maximum absolute atomic E-state index is 8.51. The first-order valence-electron chi connectivity index (χ1n) is 3.62. The molecule has 0 unspecified atom stereocenters. The SMILES string of the molecule is N#C[C@H]1O[C@H]1c1ccc(Br)cc1. The van der Waals surface area contributed by atoms with Crippen LogP contribution in [-0.2, 0) is 4.74 Å². The van der Waals surface area contributed by atoms with E-state index in [1.54, 1.807) is 0 Å². The van der Waals surface area contributed by atoms with Crippen molar-refractivity contribution in [3.8, 4) is 6.07 Å². The van der Waals surface area contributed by atoms with Crippen molar-refractivity contribution in [3.63, 3.8) is 0 Å². The first-order valence-corrected chi connectivity index (χ1v) is 4.41. The van der Waals surface area contributed by atoms with E-state index in [2.05, 4.69) is 22.0 Å². The highest BCUT2D eigenvalue weighted by molar-refractivity contribution is 9.10. The number of nitrogens with zero attached hydrogens (tertiary/aromatic N) is 1. The molecule has 2 nitrogen and oxygen atoms in total. The molecule has 12 heavy (non-hydrogen) atoms. The lowest BCUT2D eigenvalue weighted by Gasteiger charge is -1.93. The fraction of sp³-hybridized carbons (Fsp3) is 0.222. The van der Waals surface area contributed by atoms with Gasteiger partial charge in [0.15, 0.2) is 6.10 Å². The highest BCUT2D eigenvalue weighted by Gasteiger charge is 2.40. The van der Waals surface area contributed by atoms with Gasteiger partial charge in [-0.2, -0.15) is 5.26 Å². The lowest BCUT2D eigenvalue weighted by atomic mass is 10.1. The van der Waals surface area contributed by atoms with Gasteiger partial charge in [0.2, 0.25) is 0 Å². The van der Waals surface area contributed by atoms with Crippen molar-refractivity contribution in [1.29, 1.82) is 5.26 Å². The van der Waals surface area contributed by atoms with Gasteiger partial charge in [0.05, 0.1) is 6.07 Å². The molecular formula is C9H6BrNO. The topological polar surface area (TPSA) is 36.3 Å². The van der Waals surface area contributed by atoms with E-state index in [0.717, 1.165) is 10.0 Å². The standard InChI is InChI=1S/C9H6BrNO/c10-7-3-1-6(2-4-7)9-8(5-11)12-9/h1-4,8-9H/t8-,9+/m1/s1. The van der Waals surface area contributed by atoms with E-state index in [0.29, 0.717) is 0 Å². The van der Waals surface area contributed by atoms with Crippen LogP contribution >= 0.6 is 15.9 Å². The van der Waals surface area contributed by atoms with E-state index in [-0.39, 0.29) is 12.2 Å². The number of epoxide rings is 1. The van der Waals surface area contributed by atoms with E-state index < -0.39 is 0 Å². The van der Waals surface area contributed by atoms with Gasteiger partial charge in [-0.3, -0.25) is 0 Å². The van der Waals surface area contributed by atoms with Gasteiger partial charge >= 0.3 is 0 Å². The summed E-state index contributed by atoms with van der Waals surface area (Å²) >= 11 is 3.34. The number of halogens is 1. The van der Waals surface area contributed by atoms with Gasteiger partial charge in [-0.05, 0) is 17.7 Å². The Labute approximate surface area is 78.9 Å². The van der Waals surface area contributed by atoms with Crippen molar-refractivity contribution < 1.29 is 4.74 Å². The smallest absolute Gasteiger partial charge is 0.175 e. The van der Waals surface area contributed by atoms with Crippen LogP contribution in [-0.4, -0.2) is 6.10 Å². The molecule has 0 spiro atoms. The molecule has 1 saturated heterocycles. The number of rotatable bonds is 1. The van der Waals surface area contributed by atoms with Crippen molar-refractivity contribution in [1.82, 2.24) is 0 Å².